The zero-order valence-corrected chi connectivity index (χ0v) is 12.6. The molecule has 0 atom stereocenters. The second-order valence-electron chi connectivity index (χ2n) is 4.91. The number of benzene rings is 2. The highest BCUT2D eigenvalue weighted by Crippen LogP contribution is 2.31. The Balaban J connectivity index is 2.25. The Morgan fingerprint density at radius 2 is 1.90 bits per heavy atom. The summed E-state index contributed by atoms with van der Waals surface area (Å²) in [5.41, 5.74) is 2.91. The molecule has 2 rings (SSSR count). The number of nitrogens with zero attached hydrogens (tertiary/aromatic N) is 1. The van der Waals surface area contributed by atoms with Crippen LogP contribution in [0.25, 0.3) is 0 Å². The molecule has 0 aliphatic carbocycles. The summed E-state index contributed by atoms with van der Waals surface area (Å²) in [6, 6.07) is 15.8. The van der Waals surface area contributed by atoms with Crippen molar-refractivity contribution in [1.29, 1.82) is 0 Å². The predicted molar refractivity (Wildman–Crippen MR) is 85.8 cm³/mol. The van der Waals surface area contributed by atoms with E-state index in [0.29, 0.717) is 0 Å². The summed E-state index contributed by atoms with van der Waals surface area (Å²) < 4.78 is 5.41. The molecule has 0 saturated carbocycles. The summed E-state index contributed by atoms with van der Waals surface area (Å²) in [5, 5.41) is 2.79. The van der Waals surface area contributed by atoms with Crippen LogP contribution in [0.1, 0.15) is 12.5 Å². The maximum absolute atomic E-state index is 11.2. The van der Waals surface area contributed by atoms with Gasteiger partial charge in [-0.1, -0.05) is 30.3 Å². The third-order valence-electron chi connectivity index (χ3n) is 3.17. The van der Waals surface area contributed by atoms with E-state index in [1.807, 2.05) is 43.4 Å². The van der Waals surface area contributed by atoms with Crippen LogP contribution in [0, 0.1) is 0 Å². The Morgan fingerprint density at radius 1 is 1.19 bits per heavy atom. The van der Waals surface area contributed by atoms with Crippen molar-refractivity contribution in [2.24, 2.45) is 0 Å². The molecule has 0 fully saturated rings. The molecule has 0 bridgehead atoms. The highest BCUT2D eigenvalue weighted by atomic mass is 16.5. The molecule has 1 N–H and O–H groups in total. The van der Waals surface area contributed by atoms with Crippen molar-refractivity contribution in [2.75, 3.05) is 24.4 Å². The quantitative estimate of drug-likeness (QED) is 0.916. The maximum atomic E-state index is 11.2. The fourth-order valence-corrected chi connectivity index (χ4v) is 2.21. The molecule has 0 radical (unpaired) electrons. The van der Waals surface area contributed by atoms with E-state index in [9.17, 15) is 4.79 Å². The van der Waals surface area contributed by atoms with Crippen molar-refractivity contribution in [3.63, 3.8) is 0 Å². The Kier molecular flexibility index (Phi) is 4.82. The van der Waals surface area contributed by atoms with Gasteiger partial charge >= 0.3 is 0 Å². The predicted octanol–water partition coefficient (Wildman–Crippen LogP) is 3.29. The average molecular weight is 284 g/mol. The van der Waals surface area contributed by atoms with E-state index >= 15 is 0 Å². The Morgan fingerprint density at radius 3 is 2.52 bits per heavy atom. The molecule has 4 nitrogen and oxygen atoms in total. The number of hydrogen-bond acceptors (Lipinski definition) is 3. The number of hydrogen-bond donors (Lipinski definition) is 1. The molecular weight excluding hydrogens is 264 g/mol. The van der Waals surface area contributed by atoms with Gasteiger partial charge in [-0.05, 0) is 23.8 Å². The number of amides is 1. The van der Waals surface area contributed by atoms with Crippen molar-refractivity contribution in [3.05, 3.63) is 54.1 Å². The third kappa shape index (κ3) is 3.99. The highest BCUT2D eigenvalue weighted by molar-refractivity contribution is 5.89. The molecular formula is C17H20N2O2. The van der Waals surface area contributed by atoms with Gasteiger partial charge in [0.1, 0.15) is 5.75 Å². The summed E-state index contributed by atoms with van der Waals surface area (Å²) in [6.45, 7) is 2.26. The average Bonchev–Trinajstić information content (AvgIpc) is 2.47. The number of carbonyl (C=O) groups is 1. The molecule has 0 aliphatic rings. The summed E-state index contributed by atoms with van der Waals surface area (Å²) in [5.74, 6) is 0.694. The lowest BCUT2D eigenvalue weighted by atomic mass is 10.2. The van der Waals surface area contributed by atoms with Gasteiger partial charge in [-0.25, -0.2) is 0 Å². The van der Waals surface area contributed by atoms with Crippen LogP contribution in [0.4, 0.5) is 11.4 Å². The fourth-order valence-electron chi connectivity index (χ4n) is 2.21. The van der Waals surface area contributed by atoms with Crippen molar-refractivity contribution >= 4 is 17.3 Å². The van der Waals surface area contributed by atoms with E-state index in [4.69, 9.17) is 4.74 Å². The van der Waals surface area contributed by atoms with Crippen molar-refractivity contribution < 1.29 is 9.53 Å². The van der Waals surface area contributed by atoms with Gasteiger partial charge in [-0.3, -0.25) is 4.79 Å². The maximum Gasteiger partial charge on any atom is 0.221 e. The third-order valence-corrected chi connectivity index (χ3v) is 3.17. The summed E-state index contributed by atoms with van der Waals surface area (Å²) in [6.07, 6.45) is 0. The fraction of sp³-hybridized carbons (Fsp3) is 0.235. The largest absolute Gasteiger partial charge is 0.495 e. The SMILES string of the molecule is COc1ccc(NC(C)=O)cc1N(C)Cc1ccccc1. The number of anilines is 2. The first-order valence-electron chi connectivity index (χ1n) is 6.81. The van der Waals surface area contributed by atoms with Crippen LogP contribution in [0.3, 0.4) is 0 Å². The zero-order valence-electron chi connectivity index (χ0n) is 12.6. The van der Waals surface area contributed by atoms with E-state index in [2.05, 4.69) is 22.3 Å². The Hall–Kier alpha value is -2.49. The van der Waals surface area contributed by atoms with Crippen molar-refractivity contribution in [3.8, 4) is 5.75 Å². The lowest BCUT2D eigenvalue weighted by molar-refractivity contribution is -0.114. The topological polar surface area (TPSA) is 41.6 Å². The summed E-state index contributed by atoms with van der Waals surface area (Å²) in [7, 11) is 3.65. The van der Waals surface area contributed by atoms with Crippen LogP contribution in [0.2, 0.25) is 0 Å². The molecule has 0 heterocycles. The van der Waals surface area contributed by atoms with Crippen LogP contribution in [0.5, 0.6) is 5.75 Å². The first-order valence-corrected chi connectivity index (χ1v) is 6.81. The number of ether oxygens (including phenoxy) is 1. The Labute approximate surface area is 125 Å². The van der Waals surface area contributed by atoms with Gasteiger partial charge in [0, 0.05) is 26.2 Å². The van der Waals surface area contributed by atoms with E-state index in [1.54, 1.807) is 7.11 Å². The molecule has 0 aliphatic heterocycles. The molecule has 0 saturated heterocycles. The van der Waals surface area contributed by atoms with Crippen LogP contribution in [0.15, 0.2) is 48.5 Å². The normalized spacial score (nSPS) is 10.0. The lowest BCUT2D eigenvalue weighted by Gasteiger charge is -2.22. The van der Waals surface area contributed by atoms with Gasteiger partial charge in [0.05, 0.1) is 12.8 Å². The molecule has 110 valence electrons. The van der Waals surface area contributed by atoms with Crippen LogP contribution >= 0.6 is 0 Å². The van der Waals surface area contributed by atoms with Crippen LogP contribution in [-0.4, -0.2) is 20.1 Å². The lowest BCUT2D eigenvalue weighted by Crippen LogP contribution is -2.17. The van der Waals surface area contributed by atoms with Crippen LogP contribution < -0.4 is 15.0 Å². The second-order valence-corrected chi connectivity index (χ2v) is 4.91. The molecule has 4 heteroatoms. The van der Waals surface area contributed by atoms with Gasteiger partial charge in [0.15, 0.2) is 0 Å². The number of methoxy groups -OCH3 is 1. The summed E-state index contributed by atoms with van der Waals surface area (Å²) in [4.78, 5) is 13.3. The molecule has 2 aromatic rings. The Bertz CT molecular complexity index is 611. The minimum atomic E-state index is -0.0863. The zero-order chi connectivity index (χ0) is 15.2. The van der Waals surface area contributed by atoms with E-state index < -0.39 is 0 Å². The monoisotopic (exact) mass is 284 g/mol. The van der Waals surface area contributed by atoms with Gasteiger partial charge in [-0.2, -0.15) is 0 Å². The van der Waals surface area contributed by atoms with Gasteiger partial charge < -0.3 is 15.0 Å². The van der Waals surface area contributed by atoms with E-state index in [0.717, 1.165) is 23.7 Å². The van der Waals surface area contributed by atoms with Crippen molar-refractivity contribution in [1.82, 2.24) is 0 Å². The van der Waals surface area contributed by atoms with Gasteiger partial charge in [0.2, 0.25) is 5.91 Å². The van der Waals surface area contributed by atoms with Gasteiger partial charge in [-0.15, -0.1) is 0 Å². The number of rotatable bonds is 5. The number of nitrogens with one attached hydrogen (secondary N) is 1. The van der Waals surface area contributed by atoms with Gasteiger partial charge in [0.25, 0.3) is 0 Å². The van der Waals surface area contributed by atoms with Crippen molar-refractivity contribution in [2.45, 2.75) is 13.5 Å². The van der Waals surface area contributed by atoms with E-state index in [-0.39, 0.29) is 5.91 Å². The molecule has 0 spiro atoms. The van der Waals surface area contributed by atoms with E-state index in [1.165, 1.54) is 12.5 Å². The first-order chi connectivity index (χ1) is 10.1. The first kappa shape index (κ1) is 14.9. The second kappa shape index (κ2) is 6.79. The minimum absolute atomic E-state index is 0.0863. The highest BCUT2D eigenvalue weighted by Gasteiger charge is 2.10. The molecule has 2 aromatic carbocycles. The molecule has 0 aromatic heterocycles. The minimum Gasteiger partial charge on any atom is -0.495 e. The summed E-state index contributed by atoms with van der Waals surface area (Å²) >= 11 is 0. The molecule has 21 heavy (non-hydrogen) atoms. The number of carbonyl (C=O) groups excluding carboxylic acids is 1. The molecule has 0 unspecified atom stereocenters. The van der Waals surface area contributed by atoms with Crippen LogP contribution in [-0.2, 0) is 11.3 Å². The smallest absolute Gasteiger partial charge is 0.221 e. The standard InChI is InChI=1S/C17H20N2O2/c1-13(20)18-15-9-10-17(21-3)16(11-15)19(2)12-14-7-5-4-6-8-14/h4-11H,12H2,1-3H3,(H,18,20). The molecule has 1 amide bonds.